The SMILES string of the molecule is CC1CC(N(C)C)CC(CCC(C)(C)O)O1. The van der Waals surface area contributed by atoms with Crippen LogP contribution in [0.1, 0.15) is 46.5 Å². The van der Waals surface area contributed by atoms with Crippen LogP contribution in [0.4, 0.5) is 0 Å². The van der Waals surface area contributed by atoms with Crippen LogP contribution in [0.3, 0.4) is 0 Å². The van der Waals surface area contributed by atoms with E-state index in [0.717, 1.165) is 25.7 Å². The van der Waals surface area contributed by atoms with Crippen molar-refractivity contribution in [3.8, 4) is 0 Å². The summed E-state index contributed by atoms with van der Waals surface area (Å²) in [5, 5.41) is 9.72. The van der Waals surface area contributed by atoms with Gasteiger partial charge in [0.2, 0.25) is 0 Å². The Bertz CT molecular complexity index is 210. The zero-order chi connectivity index (χ0) is 12.3. The van der Waals surface area contributed by atoms with Crippen molar-refractivity contribution in [1.82, 2.24) is 4.90 Å². The number of hydrogen-bond donors (Lipinski definition) is 1. The molecule has 1 rings (SSSR count). The van der Waals surface area contributed by atoms with Crippen LogP contribution in [0.2, 0.25) is 0 Å². The quantitative estimate of drug-likeness (QED) is 0.800. The van der Waals surface area contributed by atoms with Gasteiger partial charge in [-0.3, -0.25) is 0 Å². The Hall–Kier alpha value is -0.120. The first-order valence-electron chi connectivity index (χ1n) is 6.32. The van der Waals surface area contributed by atoms with E-state index in [1.807, 2.05) is 13.8 Å². The maximum absolute atomic E-state index is 9.72. The third-order valence-corrected chi connectivity index (χ3v) is 3.37. The summed E-state index contributed by atoms with van der Waals surface area (Å²) in [5.41, 5.74) is -0.572. The monoisotopic (exact) mass is 229 g/mol. The molecule has 96 valence electrons. The summed E-state index contributed by atoms with van der Waals surface area (Å²) in [6.07, 6.45) is 4.62. The van der Waals surface area contributed by atoms with Gasteiger partial charge in [0.1, 0.15) is 0 Å². The highest BCUT2D eigenvalue weighted by molar-refractivity contribution is 4.81. The Morgan fingerprint density at radius 1 is 1.31 bits per heavy atom. The molecule has 3 atom stereocenters. The minimum atomic E-state index is -0.572. The third-order valence-electron chi connectivity index (χ3n) is 3.37. The second-order valence-electron chi connectivity index (χ2n) is 6.01. The molecule has 0 radical (unpaired) electrons. The van der Waals surface area contributed by atoms with Gasteiger partial charge in [-0.05, 0) is 60.5 Å². The van der Waals surface area contributed by atoms with Gasteiger partial charge in [0.25, 0.3) is 0 Å². The lowest BCUT2D eigenvalue weighted by molar-refractivity contribution is -0.0779. The molecule has 16 heavy (non-hydrogen) atoms. The molecule has 1 saturated heterocycles. The molecule has 1 N–H and O–H groups in total. The van der Waals surface area contributed by atoms with Crippen LogP contribution in [0.5, 0.6) is 0 Å². The van der Waals surface area contributed by atoms with Crippen molar-refractivity contribution in [3.63, 3.8) is 0 Å². The topological polar surface area (TPSA) is 32.7 Å². The van der Waals surface area contributed by atoms with Crippen molar-refractivity contribution < 1.29 is 9.84 Å². The van der Waals surface area contributed by atoms with Gasteiger partial charge in [-0.25, -0.2) is 0 Å². The predicted molar refractivity (Wildman–Crippen MR) is 66.6 cm³/mol. The van der Waals surface area contributed by atoms with Gasteiger partial charge in [-0.2, -0.15) is 0 Å². The van der Waals surface area contributed by atoms with Crippen molar-refractivity contribution in [2.45, 2.75) is 70.3 Å². The largest absolute Gasteiger partial charge is 0.390 e. The number of nitrogens with zero attached hydrogens (tertiary/aromatic N) is 1. The molecule has 0 spiro atoms. The zero-order valence-corrected chi connectivity index (χ0v) is 11.4. The van der Waals surface area contributed by atoms with E-state index in [1.54, 1.807) is 0 Å². The minimum Gasteiger partial charge on any atom is -0.390 e. The van der Waals surface area contributed by atoms with Gasteiger partial charge in [0.15, 0.2) is 0 Å². The molecule has 0 amide bonds. The molecule has 0 saturated carbocycles. The lowest BCUT2D eigenvalue weighted by atomic mass is 9.92. The highest BCUT2D eigenvalue weighted by atomic mass is 16.5. The fourth-order valence-electron chi connectivity index (χ4n) is 2.34. The number of ether oxygens (including phenoxy) is 1. The summed E-state index contributed by atoms with van der Waals surface area (Å²) < 4.78 is 5.92. The van der Waals surface area contributed by atoms with Gasteiger partial charge < -0.3 is 14.7 Å². The average molecular weight is 229 g/mol. The number of aliphatic hydroxyl groups is 1. The lowest BCUT2D eigenvalue weighted by Gasteiger charge is -2.38. The second kappa shape index (κ2) is 5.48. The molecular weight excluding hydrogens is 202 g/mol. The normalized spacial score (nSPS) is 32.1. The fourth-order valence-corrected chi connectivity index (χ4v) is 2.34. The van der Waals surface area contributed by atoms with Crippen molar-refractivity contribution in [2.75, 3.05) is 14.1 Å². The molecule has 1 aliphatic heterocycles. The molecule has 1 heterocycles. The summed E-state index contributed by atoms with van der Waals surface area (Å²) in [6.45, 7) is 5.87. The van der Waals surface area contributed by atoms with Crippen LogP contribution in [-0.2, 0) is 4.74 Å². The van der Waals surface area contributed by atoms with E-state index in [2.05, 4.69) is 25.9 Å². The van der Waals surface area contributed by atoms with E-state index in [0.29, 0.717) is 18.2 Å². The van der Waals surface area contributed by atoms with Gasteiger partial charge in [-0.1, -0.05) is 0 Å². The van der Waals surface area contributed by atoms with Crippen LogP contribution in [-0.4, -0.2) is 48.0 Å². The number of rotatable bonds is 4. The molecule has 0 bridgehead atoms. The van der Waals surface area contributed by atoms with Gasteiger partial charge in [-0.15, -0.1) is 0 Å². The Morgan fingerprint density at radius 3 is 2.44 bits per heavy atom. The van der Waals surface area contributed by atoms with E-state index in [1.165, 1.54) is 0 Å². The summed E-state index contributed by atoms with van der Waals surface area (Å²) in [5.74, 6) is 0. The first-order chi connectivity index (χ1) is 7.28. The Morgan fingerprint density at radius 2 is 1.94 bits per heavy atom. The van der Waals surface area contributed by atoms with E-state index in [-0.39, 0.29) is 0 Å². The van der Waals surface area contributed by atoms with Crippen LogP contribution in [0, 0.1) is 0 Å². The lowest BCUT2D eigenvalue weighted by Crippen LogP contribution is -2.42. The maximum Gasteiger partial charge on any atom is 0.0594 e. The maximum atomic E-state index is 9.72. The predicted octanol–water partition coefficient (Wildman–Crippen LogP) is 2.04. The first-order valence-corrected chi connectivity index (χ1v) is 6.32. The standard InChI is InChI=1S/C13H27NO2/c1-10-8-11(14(4)5)9-12(16-10)6-7-13(2,3)15/h10-12,15H,6-9H2,1-5H3. The van der Waals surface area contributed by atoms with Crippen LogP contribution >= 0.6 is 0 Å². The smallest absolute Gasteiger partial charge is 0.0594 e. The van der Waals surface area contributed by atoms with E-state index in [9.17, 15) is 5.11 Å². The van der Waals surface area contributed by atoms with E-state index in [4.69, 9.17) is 4.74 Å². The minimum absolute atomic E-state index is 0.308. The molecule has 3 unspecified atom stereocenters. The second-order valence-corrected chi connectivity index (χ2v) is 6.01. The summed E-state index contributed by atoms with van der Waals surface area (Å²) in [7, 11) is 4.27. The molecular formula is C13H27NO2. The fraction of sp³-hybridized carbons (Fsp3) is 1.00. The molecule has 0 aromatic heterocycles. The highest BCUT2D eigenvalue weighted by Gasteiger charge is 2.29. The van der Waals surface area contributed by atoms with Crippen molar-refractivity contribution >= 4 is 0 Å². The average Bonchev–Trinajstić information content (AvgIpc) is 2.13. The van der Waals surface area contributed by atoms with Crippen molar-refractivity contribution in [3.05, 3.63) is 0 Å². The molecule has 0 aliphatic carbocycles. The van der Waals surface area contributed by atoms with E-state index < -0.39 is 5.60 Å². The van der Waals surface area contributed by atoms with Crippen molar-refractivity contribution in [2.24, 2.45) is 0 Å². The summed E-state index contributed by atoms with van der Waals surface area (Å²) >= 11 is 0. The first kappa shape index (κ1) is 13.9. The van der Waals surface area contributed by atoms with Crippen LogP contribution < -0.4 is 0 Å². The van der Waals surface area contributed by atoms with Crippen LogP contribution in [0.15, 0.2) is 0 Å². The van der Waals surface area contributed by atoms with Crippen LogP contribution in [0.25, 0.3) is 0 Å². The molecule has 1 fully saturated rings. The molecule has 0 aromatic rings. The highest BCUT2D eigenvalue weighted by Crippen LogP contribution is 2.26. The molecule has 1 aliphatic rings. The zero-order valence-electron chi connectivity index (χ0n) is 11.4. The molecule has 3 heteroatoms. The van der Waals surface area contributed by atoms with E-state index >= 15 is 0 Å². The van der Waals surface area contributed by atoms with Gasteiger partial charge >= 0.3 is 0 Å². The van der Waals surface area contributed by atoms with Crippen molar-refractivity contribution in [1.29, 1.82) is 0 Å². The summed E-state index contributed by atoms with van der Waals surface area (Å²) in [4.78, 5) is 2.29. The van der Waals surface area contributed by atoms with Gasteiger partial charge in [0, 0.05) is 6.04 Å². The Balaban J connectivity index is 2.42. The Kier molecular flexibility index (Phi) is 4.77. The third kappa shape index (κ3) is 4.81. The van der Waals surface area contributed by atoms with Gasteiger partial charge in [0.05, 0.1) is 17.8 Å². The summed E-state index contributed by atoms with van der Waals surface area (Å²) in [6, 6.07) is 0.621. The molecule has 3 nitrogen and oxygen atoms in total. The number of hydrogen-bond acceptors (Lipinski definition) is 3. The Labute approximate surface area is 99.8 Å². The molecule has 0 aromatic carbocycles.